The third-order valence-electron chi connectivity index (χ3n) is 2.78. The minimum Gasteiger partial charge on any atom is -0.390 e. The largest absolute Gasteiger partial charge is 0.390 e. The summed E-state index contributed by atoms with van der Waals surface area (Å²) < 4.78 is 12.8. The zero-order valence-corrected chi connectivity index (χ0v) is 8.65. The van der Waals surface area contributed by atoms with Crippen LogP contribution in [-0.2, 0) is 0 Å². The van der Waals surface area contributed by atoms with Gasteiger partial charge >= 0.3 is 0 Å². The van der Waals surface area contributed by atoms with Gasteiger partial charge in [-0.05, 0) is 19.8 Å². The smallest absolute Gasteiger partial charge is 0.218 e. The van der Waals surface area contributed by atoms with Crippen LogP contribution in [0.2, 0.25) is 0 Å². The number of aromatic nitrogens is 2. The molecule has 0 spiro atoms. The highest BCUT2D eigenvalue weighted by Gasteiger charge is 2.27. The lowest BCUT2D eigenvalue weighted by Gasteiger charge is -2.36. The van der Waals surface area contributed by atoms with Crippen molar-refractivity contribution in [3.05, 3.63) is 18.3 Å². The minimum absolute atomic E-state index is 0.516. The van der Waals surface area contributed by atoms with Crippen molar-refractivity contribution >= 4 is 5.82 Å². The summed E-state index contributed by atoms with van der Waals surface area (Å²) in [5.41, 5.74) is -0.595. The summed E-state index contributed by atoms with van der Waals surface area (Å²) in [4.78, 5) is 9.37. The van der Waals surface area contributed by atoms with Gasteiger partial charge in [0.05, 0.1) is 5.60 Å². The van der Waals surface area contributed by atoms with E-state index in [4.69, 9.17) is 0 Å². The van der Waals surface area contributed by atoms with Crippen molar-refractivity contribution in [3.63, 3.8) is 0 Å². The molecule has 15 heavy (non-hydrogen) atoms. The highest BCUT2D eigenvalue weighted by Crippen LogP contribution is 2.24. The Labute approximate surface area is 87.8 Å². The molecule has 4 nitrogen and oxygen atoms in total. The van der Waals surface area contributed by atoms with Gasteiger partial charge in [-0.3, -0.25) is 0 Å². The van der Waals surface area contributed by atoms with Gasteiger partial charge in [0.2, 0.25) is 5.95 Å². The fourth-order valence-electron chi connectivity index (χ4n) is 1.71. The van der Waals surface area contributed by atoms with Gasteiger partial charge in [-0.1, -0.05) is 0 Å². The molecule has 1 aromatic heterocycles. The Bertz CT molecular complexity index is 346. The van der Waals surface area contributed by atoms with E-state index in [0.29, 0.717) is 31.7 Å². The molecule has 0 aromatic carbocycles. The third kappa shape index (κ3) is 2.41. The molecule has 2 rings (SSSR count). The Hall–Kier alpha value is -1.23. The number of hydrogen-bond donors (Lipinski definition) is 1. The quantitative estimate of drug-likeness (QED) is 0.703. The van der Waals surface area contributed by atoms with E-state index >= 15 is 0 Å². The zero-order chi connectivity index (χ0) is 10.9. The Morgan fingerprint density at radius 2 is 2.07 bits per heavy atom. The second-order valence-electron chi connectivity index (χ2n) is 4.18. The topological polar surface area (TPSA) is 49.2 Å². The number of halogens is 1. The summed E-state index contributed by atoms with van der Waals surface area (Å²) in [7, 11) is 0. The number of piperidine rings is 1. The lowest BCUT2D eigenvalue weighted by molar-refractivity contribution is 0.0350. The predicted octanol–water partition coefficient (Wildman–Crippen LogP) is 0.967. The van der Waals surface area contributed by atoms with Crippen LogP contribution in [0.5, 0.6) is 0 Å². The first kappa shape index (κ1) is 10.3. The maximum Gasteiger partial charge on any atom is 0.218 e. The molecule has 1 fully saturated rings. The molecule has 5 heteroatoms. The summed E-state index contributed by atoms with van der Waals surface area (Å²) >= 11 is 0. The molecule has 1 aromatic rings. The number of rotatable bonds is 1. The van der Waals surface area contributed by atoms with Crippen molar-refractivity contribution in [1.82, 2.24) is 9.97 Å². The van der Waals surface area contributed by atoms with E-state index in [1.807, 2.05) is 11.8 Å². The summed E-state index contributed by atoms with van der Waals surface area (Å²) in [6, 6.07) is 1.32. The lowest BCUT2D eigenvalue weighted by Crippen LogP contribution is -2.42. The average Bonchev–Trinajstić information content (AvgIpc) is 2.17. The van der Waals surface area contributed by atoms with Crippen LogP contribution >= 0.6 is 0 Å². The normalized spacial score (nSPS) is 20.3. The van der Waals surface area contributed by atoms with E-state index in [9.17, 15) is 9.50 Å². The standard InChI is InChI=1S/C10H14FN3O/c1-10(15)2-4-14(5-3-10)9-6-8(11)12-7-13-9/h6-7,15H,2-5H2,1H3. The monoisotopic (exact) mass is 211 g/mol. The van der Waals surface area contributed by atoms with E-state index in [-0.39, 0.29) is 0 Å². The fourth-order valence-corrected chi connectivity index (χ4v) is 1.71. The molecule has 0 radical (unpaired) electrons. The molecule has 0 amide bonds. The van der Waals surface area contributed by atoms with Gasteiger partial charge < -0.3 is 10.0 Å². The Morgan fingerprint density at radius 3 is 2.67 bits per heavy atom. The van der Waals surface area contributed by atoms with E-state index in [2.05, 4.69) is 9.97 Å². The SMILES string of the molecule is CC1(O)CCN(c2cc(F)ncn2)CC1. The lowest BCUT2D eigenvalue weighted by atomic mass is 9.94. The van der Waals surface area contributed by atoms with Crippen molar-refractivity contribution in [3.8, 4) is 0 Å². The van der Waals surface area contributed by atoms with Crippen LogP contribution in [0, 0.1) is 5.95 Å². The van der Waals surface area contributed by atoms with Crippen molar-refractivity contribution in [2.45, 2.75) is 25.4 Å². The van der Waals surface area contributed by atoms with Gasteiger partial charge in [0.15, 0.2) is 0 Å². The molecule has 0 saturated carbocycles. The van der Waals surface area contributed by atoms with E-state index in [0.717, 1.165) is 0 Å². The van der Waals surface area contributed by atoms with Crippen molar-refractivity contribution in [1.29, 1.82) is 0 Å². The van der Waals surface area contributed by atoms with E-state index < -0.39 is 11.5 Å². The number of aliphatic hydroxyl groups is 1. The zero-order valence-electron chi connectivity index (χ0n) is 8.65. The first-order valence-electron chi connectivity index (χ1n) is 5.02. The summed E-state index contributed by atoms with van der Waals surface area (Å²) in [6.45, 7) is 3.22. The highest BCUT2D eigenvalue weighted by atomic mass is 19.1. The molecule has 1 aliphatic rings. The Morgan fingerprint density at radius 1 is 1.40 bits per heavy atom. The van der Waals surface area contributed by atoms with Crippen molar-refractivity contribution in [2.75, 3.05) is 18.0 Å². The number of hydrogen-bond acceptors (Lipinski definition) is 4. The van der Waals surface area contributed by atoms with Crippen LogP contribution in [-0.4, -0.2) is 33.8 Å². The molecule has 0 aliphatic carbocycles. The van der Waals surface area contributed by atoms with Gasteiger partial charge in [-0.2, -0.15) is 4.39 Å². The van der Waals surface area contributed by atoms with Crippen LogP contribution in [0.1, 0.15) is 19.8 Å². The summed E-state index contributed by atoms with van der Waals surface area (Å²) in [5, 5.41) is 9.76. The van der Waals surface area contributed by atoms with Crippen molar-refractivity contribution < 1.29 is 9.50 Å². The molecule has 1 aliphatic heterocycles. The Kier molecular flexibility index (Phi) is 2.56. The minimum atomic E-state index is -0.595. The second kappa shape index (κ2) is 3.73. The van der Waals surface area contributed by atoms with E-state index in [1.165, 1.54) is 12.4 Å². The van der Waals surface area contributed by atoms with Gasteiger partial charge in [-0.25, -0.2) is 9.97 Å². The fraction of sp³-hybridized carbons (Fsp3) is 0.600. The molecular weight excluding hydrogens is 197 g/mol. The maximum atomic E-state index is 12.8. The molecule has 1 N–H and O–H groups in total. The predicted molar refractivity (Wildman–Crippen MR) is 54.1 cm³/mol. The molecular formula is C10H14FN3O. The maximum absolute atomic E-state index is 12.8. The van der Waals surface area contributed by atoms with Crippen LogP contribution in [0.3, 0.4) is 0 Å². The van der Waals surface area contributed by atoms with Gasteiger partial charge in [0.1, 0.15) is 12.1 Å². The van der Waals surface area contributed by atoms with Gasteiger partial charge in [0.25, 0.3) is 0 Å². The van der Waals surface area contributed by atoms with Gasteiger partial charge in [0, 0.05) is 19.2 Å². The molecule has 1 saturated heterocycles. The van der Waals surface area contributed by atoms with Crippen LogP contribution < -0.4 is 4.90 Å². The highest BCUT2D eigenvalue weighted by molar-refractivity contribution is 5.37. The number of nitrogens with zero attached hydrogens (tertiary/aromatic N) is 3. The van der Waals surface area contributed by atoms with Crippen molar-refractivity contribution in [2.24, 2.45) is 0 Å². The molecule has 82 valence electrons. The molecule has 0 bridgehead atoms. The third-order valence-corrected chi connectivity index (χ3v) is 2.78. The van der Waals surface area contributed by atoms with Crippen LogP contribution in [0.15, 0.2) is 12.4 Å². The first-order chi connectivity index (χ1) is 7.07. The summed E-state index contributed by atoms with van der Waals surface area (Å²) in [5.74, 6) is 0.0790. The van der Waals surface area contributed by atoms with Crippen LogP contribution in [0.4, 0.5) is 10.2 Å². The number of anilines is 1. The van der Waals surface area contributed by atoms with Gasteiger partial charge in [-0.15, -0.1) is 0 Å². The summed E-state index contributed by atoms with van der Waals surface area (Å²) in [6.07, 6.45) is 2.58. The second-order valence-corrected chi connectivity index (χ2v) is 4.18. The Balaban J connectivity index is 2.08. The van der Waals surface area contributed by atoms with Crippen LogP contribution in [0.25, 0.3) is 0 Å². The molecule has 2 heterocycles. The molecule has 0 atom stereocenters. The molecule has 0 unspecified atom stereocenters. The van der Waals surface area contributed by atoms with E-state index in [1.54, 1.807) is 0 Å². The first-order valence-corrected chi connectivity index (χ1v) is 5.02. The average molecular weight is 211 g/mol.